The van der Waals surface area contributed by atoms with E-state index in [1.165, 1.54) is 12.0 Å². The van der Waals surface area contributed by atoms with E-state index in [0.29, 0.717) is 29.6 Å². The number of rotatable bonds is 6. The fourth-order valence-corrected chi connectivity index (χ4v) is 4.43. The smallest absolute Gasteiger partial charge is 0.340 e. The number of para-hydroxylation sites is 1. The van der Waals surface area contributed by atoms with E-state index in [-0.39, 0.29) is 48.8 Å². The third-order valence-electron chi connectivity index (χ3n) is 6.12. The molecule has 1 saturated heterocycles. The molecule has 2 unspecified atom stereocenters. The van der Waals surface area contributed by atoms with Crippen molar-refractivity contribution in [1.82, 2.24) is 9.88 Å². The molecule has 1 fully saturated rings. The van der Waals surface area contributed by atoms with Gasteiger partial charge in [-0.3, -0.25) is 19.3 Å². The average molecular weight is 436 g/mol. The van der Waals surface area contributed by atoms with E-state index in [0.717, 1.165) is 5.39 Å². The van der Waals surface area contributed by atoms with Crippen LogP contribution in [0.1, 0.15) is 40.9 Å². The van der Waals surface area contributed by atoms with Gasteiger partial charge in [0, 0.05) is 11.9 Å². The van der Waals surface area contributed by atoms with Crippen LogP contribution in [0.4, 0.5) is 0 Å². The summed E-state index contributed by atoms with van der Waals surface area (Å²) >= 11 is 0. The summed E-state index contributed by atoms with van der Waals surface area (Å²) < 4.78 is 10.2. The Labute approximate surface area is 185 Å². The number of hydrogen-bond donors (Lipinski definition) is 0. The van der Waals surface area contributed by atoms with E-state index in [9.17, 15) is 19.2 Å². The van der Waals surface area contributed by atoms with Crippen molar-refractivity contribution in [2.45, 2.75) is 32.8 Å². The summed E-state index contributed by atoms with van der Waals surface area (Å²) in [5.41, 5.74) is 1.93. The lowest BCUT2D eigenvalue weighted by atomic mass is 9.85. The Kier molecular flexibility index (Phi) is 6.03. The van der Waals surface area contributed by atoms with Crippen molar-refractivity contribution in [1.29, 1.82) is 0 Å². The van der Waals surface area contributed by atoms with Crippen LogP contribution in [0, 0.1) is 18.8 Å². The van der Waals surface area contributed by atoms with Gasteiger partial charge in [0.2, 0.25) is 11.8 Å². The molecule has 0 saturated carbocycles. The molecule has 2 atom stereocenters. The maximum Gasteiger partial charge on any atom is 0.340 e. The molecule has 1 aromatic heterocycles. The van der Waals surface area contributed by atoms with Gasteiger partial charge in [0.1, 0.15) is 6.61 Å². The summed E-state index contributed by atoms with van der Waals surface area (Å²) in [5.74, 6) is -2.24. The third-order valence-corrected chi connectivity index (χ3v) is 6.12. The molecule has 2 amide bonds. The monoisotopic (exact) mass is 436 g/mol. The summed E-state index contributed by atoms with van der Waals surface area (Å²) in [4.78, 5) is 55.4. The zero-order valence-electron chi connectivity index (χ0n) is 18.0. The van der Waals surface area contributed by atoms with Gasteiger partial charge in [0.15, 0.2) is 0 Å². The van der Waals surface area contributed by atoms with Gasteiger partial charge in [-0.15, -0.1) is 0 Å². The number of allylic oxidation sites excluding steroid dienone is 2. The second kappa shape index (κ2) is 8.90. The van der Waals surface area contributed by atoms with Gasteiger partial charge in [-0.2, -0.15) is 0 Å². The lowest BCUT2D eigenvalue weighted by Crippen LogP contribution is -2.33. The number of carbonyl (C=O) groups is 4. The van der Waals surface area contributed by atoms with Crippen LogP contribution in [0.3, 0.4) is 0 Å². The zero-order valence-corrected chi connectivity index (χ0v) is 18.0. The van der Waals surface area contributed by atoms with Gasteiger partial charge in [0.25, 0.3) is 0 Å². The molecule has 2 aliphatic rings. The van der Waals surface area contributed by atoms with Crippen molar-refractivity contribution in [3.05, 3.63) is 53.2 Å². The largest absolute Gasteiger partial charge is 0.465 e. The van der Waals surface area contributed by atoms with E-state index in [1.807, 2.05) is 36.4 Å². The minimum atomic E-state index is -0.581. The van der Waals surface area contributed by atoms with E-state index in [4.69, 9.17) is 9.47 Å². The zero-order chi connectivity index (χ0) is 22.8. The molecular weight excluding hydrogens is 412 g/mol. The number of imide groups is 1. The first kappa shape index (κ1) is 21.7. The maximum atomic E-state index is 12.5. The Hall–Kier alpha value is -3.55. The van der Waals surface area contributed by atoms with Crippen LogP contribution in [-0.4, -0.2) is 47.3 Å². The van der Waals surface area contributed by atoms with Gasteiger partial charge >= 0.3 is 11.9 Å². The summed E-state index contributed by atoms with van der Waals surface area (Å²) in [6, 6.07) is 7.36. The number of amides is 2. The maximum absolute atomic E-state index is 12.5. The minimum Gasteiger partial charge on any atom is -0.465 e. The number of nitrogens with zero attached hydrogens (tertiary/aromatic N) is 2. The van der Waals surface area contributed by atoms with Crippen LogP contribution in [0.5, 0.6) is 0 Å². The van der Waals surface area contributed by atoms with Crippen molar-refractivity contribution < 1.29 is 28.7 Å². The number of aromatic nitrogens is 1. The van der Waals surface area contributed by atoms with Crippen LogP contribution in [-0.2, 0) is 30.5 Å². The molecule has 0 radical (unpaired) electrons. The van der Waals surface area contributed by atoms with Gasteiger partial charge in [-0.25, -0.2) is 9.78 Å². The van der Waals surface area contributed by atoms with E-state index >= 15 is 0 Å². The molecule has 0 bridgehead atoms. The molecule has 4 rings (SSSR count). The van der Waals surface area contributed by atoms with Crippen molar-refractivity contribution in [2.24, 2.45) is 11.8 Å². The molecule has 1 aliphatic heterocycles. The fraction of sp³-hybridized carbons (Fsp3) is 0.375. The molecule has 2 heterocycles. The first-order chi connectivity index (χ1) is 15.4. The number of carbonyl (C=O) groups excluding carboxylic acids is 4. The molecular formula is C24H24N2O6. The standard InChI is InChI=1S/C24H24N2O6/c1-14-15-7-5-6-10-18(15)25-19(21(14)24(30)31-2)13-32-20(27)11-12-26-22(28)16-8-3-4-9-17(16)23(26)29/h3-7,10,16-17H,8-9,11-13H2,1-2H3. The second-order valence-corrected chi connectivity index (χ2v) is 7.96. The van der Waals surface area contributed by atoms with E-state index < -0.39 is 11.9 Å². The molecule has 1 aromatic carbocycles. The highest BCUT2D eigenvalue weighted by atomic mass is 16.5. The molecule has 0 N–H and O–H groups in total. The van der Waals surface area contributed by atoms with Crippen LogP contribution < -0.4 is 0 Å². The van der Waals surface area contributed by atoms with Crippen molar-refractivity contribution in [2.75, 3.05) is 13.7 Å². The number of fused-ring (bicyclic) bond motifs is 2. The summed E-state index contributed by atoms with van der Waals surface area (Å²) in [7, 11) is 1.28. The number of likely N-dealkylation sites (tertiary alicyclic amines) is 1. The van der Waals surface area contributed by atoms with Crippen LogP contribution in [0.2, 0.25) is 0 Å². The SMILES string of the molecule is COC(=O)c1c(COC(=O)CCN2C(=O)C3CC=CCC3C2=O)nc2ccccc2c1C. The molecule has 0 spiro atoms. The molecule has 166 valence electrons. The van der Waals surface area contributed by atoms with Gasteiger partial charge in [0.05, 0.1) is 42.1 Å². The predicted octanol–water partition coefficient (Wildman–Crippen LogP) is 2.71. The number of hydrogen-bond acceptors (Lipinski definition) is 7. The number of ether oxygens (including phenoxy) is 2. The number of methoxy groups -OCH3 is 1. The van der Waals surface area contributed by atoms with Crippen molar-refractivity contribution in [3.63, 3.8) is 0 Å². The van der Waals surface area contributed by atoms with Gasteiger partial charge in [-0.1, -0.05) is 30.4 Å². The quantitative estimate of drug-likeness (QED) is 0.390. The Morgan fingerprint density at radius 1 is 1.09 bits per heavy atom. The highest BCUT2D eigenvalue weighted by Gasteiger charge is 2.46. The lowest BCUT2D eigenvalue weighted by Gasteiger charge is -2.15. The van der Waals surface area contributed by atoms with Gasteiger partial charge in [-0.05, 0) is 31.4 Å². The molecule has 2 aromatic rings. The normalized spacial score (nSPS) is 19.9. The number of benzene rings is 1. The highest BCUT2D eigenvalue weighted by molar-refractivity contribution is 6.05. The second-order valence-electron chi connectivity index (χ2n) is 7.96. The first-order valence-corrected chi connectivity index (χ1v) is 10.5. The molecule has 32 heavy (non-hydrogen) atoms. The Bertz CT molecular complexity index is 1110. The van der Waals surface area contributed by atoms with Gasteiger partial charge < -0.3 is 9.47 Å². The van der Waals surface area contributed by atoms with Crippen LogP contribution in [0.15, 0.2) is 36.4 Å². The first-order valence-electron chi connectivity index (χ1n) is 10.5. The lowest BCUT2D eigenvalue weighted by molar-refractivity contribution is -0.146. The van der Waals surface area contributed by atoms with Crippen LogP contribution >= 0.6 is 0 Å². The molecule has 8 nitrogen and oxygen atoms in total. The van der Waals surface area contributed by atoms with Crippen molar-refractivity contribution in [3.8, 4) is 0 Å². The van der Waals surface area contributed by atoms with Crippen LogP contribution in [0.25, 0.3) is 10.9 Å². The van der Waals surface area contributed by atoms with E-state index in [1.54, 1.807) is 6.92 Å². The van der Waals surface area contributed by atoms with Crippen molar-refractivity contribution >= 4 is 34.7 Å². The summed E-state index contributed by atoms with van der Waals surface area (Å²) in [5, 5.41) is 0.810. The van der Waals surface area contributed by atoms with E-state index in [2.05, 4.69) is 4.98 Å². The Morgan fingerprint density at radius 3 is 2.41 bits per heavy atom. The predicted molar refractivity (Wildman–Crippen MR) is 114 cm³/mol. The summed E-state index contributed by atoms with van der Waals surface area (Å²) in [6.45, 7) is 1.56. The fourth-order valence-electron chi connectivity index (χ4n) is 4.43. The number of esters is 2. The Morgan fingerprint density at radius 2 is 1.75 bits per heavy atom. The average Bonchev–Trinajstić information content (AvgIpc) is 3.05. The Balaban J connectivity index is 1.43. The summed E-state index contributed by atoms with van der Waals surface area (Å²) in [6.07, 6.45) is 4.83. The molecule has 1 aliphatic carbocycles. The topological polar surface area (TPSA) is 103 Å². The molecule has 8 heteroatoms. The third kappa shape index (κ3) is 3.88. The number of pyridine rings is 1. The minimum absolute atomic E-state index is 0.0163. The highest BCUT2D eigenvalue weighted by Crippen LogP contribution is 2.35. The number of aryl methyl sites for hydroxylation is 1.